The molecule has 0 bridgehead atoms. The van der Waals surface area contributed by atoms with Crippen molar-refractivity contribution in [1.29, 1.82) is 0 Å². The van der Waals surface area contributed by atoms with E-state index in [1.807, 2.05) is 30.3 Å². The third-order valence-corrected chi connectivity index (χ3v) is 3.95. The molecule has 1 aromatic rings. The zero-order valence-corrected chi connectivity index (χ0v) is 11.7. The van der Waals surface area contributed by atoms with Gasteiger partial charge in [0.05, 0.1) is 6.61 Å². The van der Waals surface area contributed by atoms with Gasteiger partial charge in [0.15, 0.2) is 0 Å². The standard InChI is InChI=1S/C16H26N2O/c17-13-14-7-4-5-10-16(14)18-11-6-12-19-15-8-2-1-3-9-15/h1-3,8-9,14,16,18H,4-7,10-13,17H2. The lowest BCUT2D eigenvalue weighted by Crippen LogP contribution is -2.42. The molecular formula is C16H26N2O. The second-order valence-electron chi connectivity index (χ2n) is 5.36. The summed E-state index contributed by atoms with van der Waals surface area (Å²) in [6.45, 7) is 2.61. The van der Waals surface area contributed by atoms with Gasteiger partial charge in [0.25, 0.3) is 0 Å². The van der Waals surface area contributed by atoms with Crippen molar-refractivity contribution in [2.24, 2.45) is 11.7 Å². The lowest BCUT2D eigenvalue weighted by Gasteiger charge is -2.31. The van der Waals surface area contributed by atoms with Crippen molar-refractivity contribution in [3.63, 3.8) is 0 Å². The topological polar surface area (TPSA) is 47.3 Å². The van der Waals surface area contributed by atoms with Gasteiger partial charge < -0.3 is 15.8 Å². The number of nitrogens with one attached hydrogen (secondary N) is 1. The molecule has 0 radical (unpaired) electrons. The molecule has 1 aliphatic carbocycles. The average molecular weight is 262 g/mol. The van der Waals surface area contributed by atoms with Crippen LogP contribution in [0.2, 0.25) is 0 Å². The number of hydrogen-bond donors (Lipinski definition) is 2. The highest BCUT2D eigenvalue weighted by Gasteiger charge is 2.22. The fraction of sp³-hybridized carbons (Fsp3) is 0.625. The van der Waals surface area contributed by atoms with E-state index in [9.17, 15) is 0 Å². The number of hydrogen-bond acceptors (Lipinski definition) is 3. The van der Waals surface area contributed by atoms with Crippen LogP contribution in [0.1, 0.15) is 32.1 Å². The highest BCUT2D eigenvalue weighted by atomic mass is 16.5. The predicted octanol–water partition coefficient (Wildman–Crippen LogP) is 2.56. The van der Waals surface area contributed by atoms with E-state index in [4.69, 9.17) is 10.5 Å². The van der Waals surface area contributed by atoms with E-state index in [-0.39, 0.29) is 0 Å². The minimum atomic E-state index is 0.621. The fourth-order valence-electron chi connectivity index (χ4n) is 2.82. The van der Waals surface area contributed by atoms with Crippen molar-refractivity contribution in [2.75, 3.05) is 19.7 Å². The first-order chi connectivity index (χ1) is 9.40. The maximum atomic E-state index is 5.84. The number of benzene rings is 1. The fourth-order valence-corrected chi connectivity index (χ4v) is 2.82. The zero-order chi connectivity index (χ0) is 13.3. The first kappa shape index (κ1) is 14.4. The Balaban J connectivity index is 1.58. The van der Waals surface area contributed by atoms with Crippen molar-refractivity contribution in [2.45, 2.75) is 38.1 Å². The monoisotopic (exact) mass is 262 g/mol. The third kappa shape index (κ3) is 4.84. The quantitative estimate of drug-likeness (QED) is 0.742. The molecule has 106 valence electrons. The molecule has 0 heterocycles. The molecule has 1 aliphatic rings. The van der Waals surface area contributed by atoms with Gasteiger partial charge in [0.2, 0.25) is 0 Å². The van der Waals surface area contributed by atoms with E-state index in [1.165, 1.54) is 25.7 Å². The molecule has 19 heavy (non-hydrogen) atoms. The summed E-state index contributed by atoms with van der Waals surface area (Å²) in [6, 6.07) is 10.6. The Morgan fingerprint density at radius 1 is 1.16 bits per heavy atom. The summed E-state index contributed by atoms with van der Waals surface area (Å²) in [4.78, 5) is 0. The van der Waals surface area contributed by atoms with Crippen LogP contribution in [0.3, 0.4) is 0 Å². The van der Waals surface area contributed by atoms with Gasteiger partial charge >= 0.3 is 0 Å². The van der Waals surface area contributed by atoms with E-state index < -0.39 is 0 Å². The SMILES string of the molecule is NCC1CCCCC1NCCCOc1ccccc1. The van der Waals surface area contributed by atoms with Gasteiger partial charge in [-0.2, -0.15) is 0 Å². The normalized spacial score (nSPS) is 23.2. The average Bonchev–Trinajstić information content (AvgIpc) is 2.48. The van der Waals surface area contributed by atoms with Gasteiger partial charge in [0.1, 0.15) is 5.75 Å². The number of ether oxygens (including phenoxy) is 1. The van der Waals surface area contributed by atoms with E-state index in [0.717, 1.165) is 31.9 Å². The molecular weight excluding hydrogens is 236 g/mol. The molecule has 3 nitrogen and oxygen atoms in total. The third-order valence-electron chi connectivity index (χ3n) is 3.95. The van der Waals surface area contributed by atoms with Crippen LogP contribution in [0.15, 0.2) is 30.3 Å². The molecule has 3 heteroatoms. The summed E-state index contributed by atoms with van der Waals surface area (Å²) >= 11 is 0. The Hall–Kier alpha value is -1.06. The smallest absolute Gasteiger partial charge is 0.119 e. The summed E-state index contributed by atoms with van der Waals surface area (Å²) in [7, 11) is 0. The van der Waals surface area contributed by atoms with Crippen LogP contribution in [0.25, 0.3) is 0 Å². The second kappa shape index (κ2) is 8.18. The van der Waals surface area contributed by atoms with E-state index in [0.29, 0.717) is 12.0 Å². The number of nitrogens with two attached hydrogens (primary N) is 1. The Morgan fingerprint density at radius 2 is 1.95 bits per heavy atom. The van der Waals surface area contributed by atoms with E-state index >= 15 is 0 Å². The van der Waals surface area contributed by atoms with Crippen molar-refractivity contribution >= 4 is 0 Å². The highest BCUT2D eigenvalue weighted by molar-refractivity contribution is 5.20. The van der Waals surface area contributed by atoms with Gasteiger partial charge in [-0.3, -0.25) is 0 Å². The maximum Gasteiger partial charge on any atom is 0.119 e. The van der Waals surface area contributed by atoms with Crippen molar-refractivity contribution < 1.29 is 4.74 Å². The molecule has 2 atom stereocenters. The van der Waals surface area contributed by atoms with Crippen LogP contribution < -0.4 is 15.8 Å². The molecule has 1 fully saturated rings. The minimum Gasteiger partial charge on any atom is -0.494 e. The molecule has 0 saturated heterocycles. The molecule has 2 unspecified atom stereocenters. The van der Waals surface area contributed by atoms with Gasteiger partial charge in [-0.05, 0) is 50.4 Å². The van der Waals surface area contributed by atoms with Gasteiger partial charge in [0, 0.05) is 6.04 Å². The molecule has 0 aliphatic heterocycles. The predicted molar refractivity (Wildman–Crippen MR) is 79.4 cm³/mol. The Kier molecular flexibility index (Phi) is 6.18. The summed E-state index contributed by atoms with van der Waals surface area (Å²) in [5.41, 5.74) is 5.84. The van der Waals surface area contributed by atoms with Gasteiger partial charge in [-0.1, -0.05) is 31.0 Å². The Morgan fingerprint density at radius 3 is 2.74 bits per heavy atom. The Bertz CT molecular complexity index is 342. The summed E-state index contributed by atoms with van der Waals surface area (Å²) in [5, 5.41) is 3.65. The van der Waals surface area contributed by atoms with Crippen LogP contribution in [-0.4, -0.2) is 25.7 Å². The van der Waals surface area contributed by atoms with Crippen LogP contribution >= 0.6 is 0 Å². The van der Waals surface area contributed by atoms with Crippen molar-refractivity contribution in [1.82, 2.24) is 5.32 Å². The summed E-state index contributed by atoms with van der Waals surface area (Å²) in [5.74, 6) is 1.63. The van der Waals surface area contributed by atoms with Crippen molar-refractivity contribution in [3.05, 3.63) is 30.3 Å². The van der Waals surface area contributed by atoms with Crippen LogP contribution in [0, 0.1) is 5.92 Å². The minimum absolute atomic E-state index is 0.621. The lowest BCUT2D eigenvalue weighted by molar-refractivity contribution is 0.255. The highest BCUT2D eigenvalue weighted by Crippen LogP contribution is 2.23. The Labute approximate surface area is 116 Å². The summed E-state index contributed by atoms with van der Waals surface area (Å²) < 4.78 is 5.68. The van der Waals surface area contributed by atoms with Crippen LogP contribution in [0.5, 0.6) is 5.75 Å². The first-order valence-electron chi connectivity index (χ1n) is 7.51. The molecule has 3 N–H and O–H groups in total. The molecule has 2 rings (SSSR count). The molecule has 1 aromatic carbocycles. The van der Waals surface area contributed by atoms with Crippen LogP contribution in [0.4, 0.5) is 0 Å². The van der Waals surface area contributed by atoms with Gasteiger partial charge in [-0.15, -0.1) is 0 Å². The lowest BCUT2D eigenvalue weighted by atomic mass is 9.84. The number of rotatable bonds is 7. The molecule has 0 amide bonds. The van der Waals surface area contributed by atoms with Crippen LogP contribution in [-0.2, 0) is 0 Å². The van der Waals surface area contributed by atoms with E-state index in [2.05, 4.69) is 5.32 Å². The molecule has 0 aromatic heterocycles. The van der Waals surface area contributed by atoms with Gasteiger partial charge in [-0.25, -0.2) is 0 Å². The number of para-hydroxylation sites is 1. The van der Waals surface area contributed by atoms with Crippen molar-refractivity contribution in [3.8, 4) is 5.75 Å². The summed E-state index contributed by atoms with van der Waals surface area (Å²) in [6.07, 6.45) is 6.30. The van der Waals surface area contributed by atoms with E-state index in [1.54, 1.807) is 0 Å². The largest absolute Gasteiger partial charge is 0.494 e. The zero-order valence-electron chi connectivity index (χ0n) is 11.7. The first-order valence-corrected chi connectivity index (χ1v) is 7.51. The maximum absolute atomic E-state index is 5.84. The molecule has 0 spiro atoms. The molecule has 1 saturated carbocycles. The second-order valence-corrected chi connectivity index (χ2v) is 5.36.